The van der Waals surface area contributed by atoms with Crippen LogP contribution in [0.5, 0.6) is 0 Å². The number of rotatable bonds is 13. The van der Waals surface area contributed by atoms with Gasteiger partial charge in [0.1, 0.15) is 0 Å². The number of hydrogen-bond donors (Lipinski definition) is 5. The monoisotopic (exact) mass is 290 g/mol. The molecule has 0 amide bonds. The molecule has 0 rings (SSSR count). The second-order valence-electron chi connectivity index (χ2n) is 4.64. The molecular weight excluding hydrogens is 256 g/mol. The third-order valence-corrected chi connectivity index (χ3v) is 2.61. The highest BCUT2D eigenvalue weighted by molar-refractivity contribution is 5.66. The Kier molecular flexibility index (Phi) is 22.3. The van der Waals surface area contributed by atoms with Gasteiger partial charge in [0, 0.05) is 45.7 Å². The van der Waals surface area contributed by atoms with E-state index in [-0.39, 0.29) is 0 Å². The number of nitrogens with two attached hydrogens (primary N) is 2. The van der Waals surface area contributed by atoms with Crippen LogP contribution in [0.3, 0.4) is 0 Å². The first-order chi connectivity index (χ1) is 9.68. The summed E-state index contributed by atoms with van der Waals surface area (Å²) in [4.78, 5) is 10.0. The molecule has 0 aliphatic carbocycles. The maximum Gasteiger partial charge on any atom is 0.303 e. The van der Waals surface area contributed by atoms with Crippen molar-refractivity contribution in [1.82, 2.24) is 10.6 Å². The number of carbonyl (C=O) groups is 1. The molecule has 0 aromatic heterocycles. The summed E-state index contributed by atoms with van der Waals surface area (Å²) in [6.45, 7) is 7.29. The normalized spacial score (nSPS) is 9.95. The minimum absolute atomic E-state index is 0.337. The van der Waals surface area contributed by atoms with Gasteiger partial charge in [0.05, 0.1) is 0 Å². The van der Waals surface area contributed by atoms with Crippen molar-refractivity contribution in [2.45, 2.75) is 45.4 Å². The van der Waals surface area contributed by atoms with Gasteiger partial charge >= 0.3 is 5.97 Å². The molecule has 0 aliphatic heterocycles. The molecule has 0 aliphatic rings. The summed E-state index contributed by atoms with van der Waals surface area (Å²) < 4.78 is 0. The first kappa shape index (κ1) is 21.6. The molecule has 0 aromatic rings. The summed E-state index contributed by atoms with van der Waals surface area (Å²) in [5, 5.41) is 14.6. The Balaban J connectivity index is 0. The molecule has 0 atom stereocenters. The lowest BCUT2D eigenvalue weighted by Crippen LogP contribution is -2.32. The van der Waals surface area contributed by atoms with Crippen molar-refractivity contribution < 1.29 is 9.90 Å². The smallest absolute Gasteiger partial charge is 0.303 e. The van der Waals surface area contributed by atoms with Crippen molar-refractivity contribution in [3.05, 3.63) is 0 Å². The van der Waals surface area contributed by atoms with Crippen molar-refractivity contribution in [2.75, 3.05) is 39.3 Å². The first-order valence-electron chi connectivity index (χ1n) is 7.72. The third-order valence-electron chi connectivity index (χ3n) is 2.61. The third kappa shape index (κ3) is 26.0. The van der Waals surface area contributed by atoms with Crippen LogP contribution in [0.15, 0.2) is 0 Å². The Bertz CT molecular complexity index is 184. The largest absolute Gasteiger partial charge is 0.481 e. The minimum Gasteiger partial charge on any atom is -0.481 e. The van der Waals surface area contributed by atoms with Gasteiger partial charge in [-0.05, 0) is 6.42 Å². The van der Waals surface area contributed by atoms with Crippen LogP contribution >= 0.6 is 0 Å². The maximum absolute atomic E-state index is 10.0. The highest BCUT2D eigenvalue weighted by Gasteiger charge is 1.94. The van der Waals surface area contributed by atoms with E-state index in [1.54, 1.807) is 0 Å². The van der Waals surface area contributed by atoms with Crippen LogP contribution in [-0.2, 0) is 4.79 Å². The van der Waals surface area contributed by atoms with Crippen LogP contribution < -0.4 is 22.1 Å². The summed E-state index contributed by atoms with van der Waals surface area (Å²) in [5.41, 5.74) is 10.5. The molecule has 0 saturated heterocycles. The van der Waals surface area contributed by atoms with E-state index in [4.69, 9.17) is 16.6 Å². The number of aliphatic carboxylic acids is 1. The minimum atomic E-state index is -0.670. The van der Waals surface area contributed by atoms with E-state index in [2.05, 4.69) is 17.6 Å². The molecule has 0 spiro atoms. The Labute approximate surface area is 123 Å². The van der Waals surface area contributed by atoms with Crippen molar-refractivity contribution in [3.63, 3.8) is 0 Å². The van der Waals surface area contributed by atoms with Gasteiger partial charge in [-0.2, -0.15) is 0 Å². The van der Waals surface area contributed by atoms with E-state index in [0.717, 1.165) is 39.0 Å². The number of unbranched alkanes of at least 4 members (excludes halogenated alkanes) is 4. The summed E-state index contributed by atoms with van der Waals surface area (Å²) >= 11 is 0. The number of carboxylic acids is 1. The average molecular weight is 290 g/mol. The molecule has 0 radical (unpaired) electrons. The Hall–Kier alpha value is -0.690. The van der Waals surface area contributed by atoms with Crippen LogP contribution in [0, 0.1) is 0 Å². The van der Waals surface area contributed by atoms with Crippen molar-refractivity contribution in [1.29, 1.82) is 0 Å². The fourth-order valence-corrected chi connectivity index (χ4v) is 1.51. The molecule has 0 bridgehead atoms. The molecule has 20 heavy (non-hydrogen) atoms. The van der Waals surface area contributed by atoms with Crippen LogP contribution in [0.25, 0.3) is 0 Å². The number of nitrogens with one attached hydrogen (secondary N) is 2. The highest BCUT2D eigenvalue weighted by Crippen LogP contribution is 2.04. The summed E-state index contributed by atoms with van der Waals surface area (Å²) in [6.07, 6.45) is 5.88. The van der Waals surface area contributed by atoms with E-state index < -0.39 is 5.97 Å². The van der Waals surface area contributed by atoms with Gasteiger partial charge in [0.25, 0.3) is 0 Å². The van der Waals surface area contributed by atoms with Crippen LogP contribution in [-0.4, -0.2) is 50.3 Å². The molecule has 0 fully saturated rings. The Morgan fingerprint density at radius 2 is 1.40 bits per heavy atom. The molecule has 7 N–H and O–H groups in total. The molecule has 0 unspecified atom stereocenters. The van der Waals surface area contributed by atoms with Gasteiger partial charge in [0.15, 0.2) is 0 Å². The van der Waals surface area contributed by atoms with E-state index in [0.29, 0.717) is 19.5 Å². The van der Waals surface area contributed by atoms with E-state index in [9.17, 15) is 4.79 Å². The summed E-state index contributed by atoms with van der Waals surface area (Å²) in [5.74, 6) is -0.670. The second-order valence-corrected chi connectivity index (χ2v) is 4.64. The number of hydrogen-bond acceptors (Lipinski definition) is 5. The Morgan fingerprint density at radius 1 is 0.900 bits per heavy atom. The van der Waals surface area contributed by atoms with Crippen molar-refractivity contribution in [3.8, 4) is 0 Å². The predicted octanol–water partition coefficient (Wildman–Crippen LogP) is 0.515. The zero-order valence-electron chi connectivity index (χ0n) is 13.0. The standard InChI is InChI=1S/C8H16O2.C6H18N4/c1-2-3-4-5-6-7-8(9)10;7-1-3-9-5-6-10-4-2-8/h2-7H2,1H3,(H,9,10);9-10H,1-8H2. The van der Waals surface area contributed by atoms with Crippen LogP contribution in [0.4, 0.5) is 0 Å². The zero-order chi connectivity index (χ0) is 15.5. The fourth-order valence-electron chi connectivity index (χ4n) is 1.51. The molecule has 0 saturated carbocycles. The molecule has 0 aromatic carbocycles. The van der Waals surface area contributed by atoms with Crippen LogP contribution in [0.1, 0.15) is 45.4 Å². The van der Waals surface area contributed by atoms with Gasteiger partial charge in [-0.15, -0.1) is 0 Å². The average Bonchev–Trinajstić information content (AvgIpc) is 2.43. The predicted molar refractivity (Wildman–Crippen MR) is 84.9 cm³/mol. The summed E-state index contributed by atoms with van der Waals surface area (Å²) in [7, 11) is 0. The van der Waals surface area contributed by atoms with Gasteiger partial charge in [0.2, 0.25) is 0 Å². The zero-order valence-corrected chi connectivity index (χ0v) is 13.0. The first-order valence-corrected chi connectivity index (χ1v) is 7.72. The van der Waals surface area contributed by atoms with Gasteiger partial charge in [-0.3, -0.25) is 4.79 Å². The lowest BCUT2D eigenvalue weighted by molar-refractivity contribution is -0.137. The summed E-state index contributed by atoms with van der Waals surface area (Å²) in [6, 6.07) is 0. The maximum atomic E-state index is 10.0. The topological polar surface area (TPSA) is 113 Å². The molecule has 6 nitrogen and oxygen atoms in total. The van der Waals surface area contributed by atoms with Crippen molar-refractivity contribution >= 4 is 5.97 Å². The fraction of sp³-hybridized carbons (Fsp3) is 0.929. The van der Waals surface area contributed by atoms with E-state index in [1.807, 2.05) is 0 Å². The quantitative estimate of drug-likeness (QED) is 0.316. The molecule has 0 heterocycles. The van der Waals surface area contributed by atoms with E-state index >= 15 is 0 Å². The lowest BCUT2D eigenvalue weighted by Gasteiger charge is -2.03. The van der Waals surface area contributed by atoms with Gasteiger partial charge < -0.3 is 27.2 Å². The highest BCUT2D eigenvalue weighted by atomic mass is 16.4. The lowest BCUT2D eigenvalue weighted by atomic mass is 10.1. The molecular formula is C14H34N4O2. The van der Waals surface area contributed by atoms with E-state index in [1.165, 1.54) is 19.3 Å². The Morgan fingerprint density at radius 3 is 1.80 bits per heavy atom. The van der Waals surface area contributed by atoms with Gasteiger partial charge in [-0.1, -0.05) is 32.6 Å². The van der Waals surface area contributed by atoms with Crippen LogP contribution in [0.2, 0.25) is 0 Å². The van der Waals surface area contributed by atoms with Crippen molar-refractivity contribution in [2.24, 2.45) is 11.5 Å². The molecule has 122 valence electrons. The molecule has 6 heteroatoms. The van der Waals surface area contributed by atoms with Gasteiger partial charge in [-0.25, -0.2) is 0 Å². The SMILES string of the molecule is CCCCCCCC(=O)O.NCCNCCNCCN. The number of carboxylic acid groups (broad SMARTS) is 1. The second kappa shape index (κ2) is 20.6.